The molecule has 0 radical (unpaired) electrons. The fourth-order valence-electron chi connectivity index (χ4n) is 1.65. The minimum absolute atomic E-state index is 0.374. The third-order valence-corrected chi connectivity index (χ3v) is 4.25. The molecule has 0 saturated carbocycles. The number of hydrogen-bond donors (Lipinski definition) is 1. The number of nitrogens with zero attached hydrogens (tertiary/aromatic N) is 1. The van der Waals surface area contributed by atoms with Crippen molar-refractivity contribution >= 4 is 27.3 Å². The van der Waals surface area contributed by atoms with E-state index in [9.17, 15) is 0 Å². The normalized spacial score (nSPS) is 12.6. The van der Waals surface area contributed by atoms with Crippen molar-refractivity contribution in [2.45, 2.75) is 19.9 Å². The van der Waals surface area contributed by atoms with Gasteiger partial charge in [0.05, 0.1) is 0 Å². The van der Waals surface area contributed by atoms with Crippen LogP contribution >= 0.6 is 27.3 Å². The Bertz CT molecular complexity index is 496. The first-order valence-corrected chi connectivity index (χ1v) is 7.26. The summed E-state index contributed by atoms with van der Waals surface area (Å²) in [5.41, 5.74) is 1.17. The van der Waals surface area contributed by atoms with Crippen LogP contribution in [-0.2, 0) is 0 Å². The van der Waals surface area contributed by atoms with Crippen LogP contribution in [-0.4, -0.2) is 11.5 Å². The molecule has 1 atom stereocenters. The lowest BCUT2D eigenvalue weighted by Gasteiger charge is -2.08. The number of benzene rings is 1. The zero-order chi connectivity index (χ0) is 12.3. The van der Waals surface area contributed by atoms with Crippen molar-refractivity contribution in [3.63, 3.8) is 0 Å². The molecule has 0 aliphatic heterocycles. The highest BCUT2D eigenvalue weighted by Gasteiger charge is 2.09. The molecule has 2 aromatic rings. The Hall–Kier alpha value is -0.710. The van der Waals surface area contributed by atoms with Crippen molar-refractivity contribution in [2.75, 3.05) is 6.54 Å². The molecular weight excluding hydrogens is 296 g/mol. The van der Waals surface area contributed by atoms with Gasteiger partial charge in [-0.1, -0.05) is 35.0 Å². The van der Waals surface area contributed by atoms with Crippen LogP contribution in [0.2, 0.25) is 0 Å². The van der Waals surface area contributed by atoms with Gasteiger partial charge in [0.25, 0.3) is 0 Å². The van der Waals surface area contributed by atoms with Gasteiger partial charge in [0.15, 0.2) is 0 Å². The van der Waals surface area contributed by atoms with Gasteiger partial charge in [-0.15, -0.1) is 11.3 Å². The first-order chi connectivity index (χ1) is 8.20. The molecule has 4 heteroatoms. The third kappa shape index (κ3) is 3.15. The standard InChI is InChI=1S/C13H15BrN2S/c1-3-15-9(2)12-8-16-13(17-12)10-5-4-6-11(14)7-10/h4-9,15H,3H2,1-2H3. The molecule has 0 aliphatic carbocycles. The van der Waals surface area contributed by atoms with Crippen molar-refractivity contribution in [3.05, 3.63) is 39.8 Å². The quantitative estimate of drug-likeness (QED) is 0.913. The molecule has 1 unspecified atom stereocenters. The predicted octanol–water partition coefficient (Wildman–Crippen LogP) is 4.24. The molecule has 90 valence electrons. The second kappa shape index (κ2) is 5.76. The number of hydrogen-bond acceptors (Lipinski definition) is 3. The Morgan fingerprint density at radius 1 is 1.47 bits per heavy atom. The van der Waals surface area contributed by atoms with E-state index in [1.165, 1.54) is 10.4 Å². The zero-order valence-electron chi connectivity index (χ0n) is 9.90. The van der Waals surface area contributed by atoms with Gasteiger partial charge in [-0.25, -0.2) is 4.98 Å². The predicted molar refractivity (Wildman–Crippen MR) is 77.3 cm³/mol. The highest BCUT2D eigenvalue weighted by Crippen LogP contribution is 2.29. The maximum Gasteiger partial charge on any atom is 0.123 e. The summed E-state index contributed by atoms with van der Waals surface area (Å²) in [4.78, 5) is 5.77. The van der Waals surface area contributed by atoms with Gasteiger partial charge in [-0.05, 0) is 25.6 Å². The molecule has 1 aromatic heterocycles. The largest absolute Gasteiger partial charge is 0.310 e. The fraction of sp³-hybridized carbons (Fsp3) is 0.308. The second-order valence-electron chi connectivity index (χ2n) is 3.86. The van der Waals surface area contributed by atoms with E-state index in [-0.39, 0.29) is 0 Å². The van der Waals surface area contributed by atoms with E-state index in [0.717, 1.165) is 16.0 Å². The van der Waals surface area contributed by atoms with Gasteiger partial charge >= 0.3 is 0 Å². The maximum absolute atomic E-state index is 4.49. The number of thiazole rings is 1. The van der Waals surface area contributed by atoms with Crippen molar-refractivity contribution < 1.29 is 0 Å². The monoisotopic (exact) mass is 310 g/mol. The van der Waals surface area contributed by atoms with Gasteiger partial charge in [0.1, 0.15) is 5.01 Å². The highest BCUT2D eigenvalue weighted by atomic mass is 79.9. The number of aromatic nitrogens is 1. The summed E-state index contributed by atoms with van der Waals surface area (Å²) in [7, 11) is 0. The number of rotatable bonds is 4. The van der Waals surface area contributed by atoms with Gasteiger partial charge in [-0.3, -0.25) is 0 Å². The van der Waals surface area contributed by atoms with E-state index in [4.69, 9.17) is 0 Å². The first-order valence-electron chi connectivity index (χ1n) is 5.65. The molecule has 1 N–H and O–H groups in total. The average Bonchev–Trinajstić information content (AvgIpc) is 2.78. The van der Waals surface area contributed by atoms with Crippen LogP contribution in [0.25, 0.3) is 10.6 Å². The van der Waals surface area contributed by atoms with Crippen LogP contribution in [0.3, 0.4) is 0 Å². The molecular formula is C13H15BrN2S. The van der Waals surface area contributed by atoms with Gasteiger partial charge in [0.2, 0.25) is 0 Å². The molecule has 0 saturated heterocycles. The maximum atomic E-state index is 4.49. The van der Waals surface area contributed by atoms with Gasteiger partial charge in [0, 0.05) is 27.2 Å². The van der Waals surface area contributed by atoms with Gasteiger partial charge < -0.3 is 5.32 Å². The second-order valence-corrected chi connectivity index (χ2v) is 5.84. The molecule has 0 spiro atoms. The molecule has 2 rings (SSSR count). The van der Waals surface area contributed by atoms with Crippen molar-refractivity contribution in [2.24, 2.45) is 0 Å². The lowest BCUT2D eigenvalue weighted by molar-refractivity contribution is 0.606. The smallest absolute Gasteiger partial charge is 0.123 e. The topological polar surface area (TPSA) is 24.9 Å². The van der Waals surface area contributed by atoms with Crippen molar-refractivity contribution in [3.8, 4) is 10.6 Å². The SMILES string of the molecule is CCNC(C)c1cnc(-c2cccc(Br)c2)s1. The fourth-order valence-corrected chi connectivity index (χ4v) is 2.99. The van der Waals surface area contributed by atoms with Crippen LogP contribution < -0.4 is 5.32 Å². The van der Waals surface area contributed by atoms with E-state index in [1.54, 1.807) is 11.3 Å². The summed E-state index contributed by atoms with van der Waals surface area (Å²) < 4.78 is 1.09. The Morgan fingerprint density at radius 3 is 3.00 bits per heavy atom. The summed E-state index contributed by atoms with van der Waals surface area (Å²) in [5, 5.41) is 4.47. The molecule has 1 aromatic carbocycles. The lowest BCUT2D eigenvalue weighted by atomic mass is 10.2. The van der Waals surface area contributed by atoms with Crippen LogP contribution in [0.4, 0.5) is 0 Å². The molecule has 1 heterocycles. The third-order valence-electron chi connectivity index (χ3n) is 2.53. The first kappa shape index (κ1) is 12.7. The van der Waals surface area contributed by atoms with E-state index >= 15 is 0 Å². The van der Waals surface area contributed by atoms with E-state index in [2.05, 4.69) is 52.2 Å². The average molecular weight is 311 g/mol. The molecule has 0 fully saturated rings. The Kier molecular flexibility index (Phi) is 4.31. The lowest BCUT2D eigenvalue weighted by Crippen LogP contribution is -2.16. The number of nitrogens with one attached hydrogen (secondary N) is 1. The minimum Gasteiger partial charge on any atom is -0.310 e. The van der Waals surface area contributed by atoms with Crippen molar-refractivity contribution in [1.82, 2.24) is 10.3 Å². The molecule has 17 heavy (non-hydrogen) atoms. The molecule has 2 nitrogen and oxygen atoms in total. The van der Waals surface area contributed by atoms with Crippen molar-refractivity contribution in [1.29, 1.82) is 0 Å². The minimum atomic E-state index is 0.374. The zero-order valence-corrected chi connectivity index (χ0v) is 12.3. The van der Waals surface area contributed by atoms with Crippen LogP contribution in [0.15, 0.2) is 34.9 Å². The summed E-state index contributed by atoms with van der Waals surface area (Å²) in [6.07, 6.45) is 1.97. The highest BCUT2D eigenvalue weighted by molar-refractivity contribution is 9.10. The number of halogens is 1. The van der Waals surface area contributed by atoms with Gasteiger partial charge in [-0.2, -0.15) is 0 Å². The van der Waals surface area contributed by atoms with E-state index < -0.39 is 0 Å². The van der Waals surface area contributed by atoms with Crippen LogP contribution in [0.1, 0.15) is 24.8 Å². The Balaban J connectivity index is 2.23. The van der Waals surface area contributed by atoms with Crippen LogP contribution in [0.5, 0.6) is 0 Å². The summed E-state index contributed by atoms with van der Waals surface area (Å²) in [6.45, 7) is 5.26. The summed E-state index contributed by atoms with van der Waals surface area (Å²) in [5.74, 6) is 0. The molecule has 0 bridgehead atoms. The molecule has 0 amide bonds. The molecule has 0 aliphatic rings. The Morgan fingerprint density at radius 2 is 2.29 bits per heavy atom. The summed E-state index contributed by atoms with van der Waals surface area (Å²) in [6, 6.07) is 8.62. The summed E-state index contributed by atoms with van der Waals surface area (Å²) >= 11 is 5.23. The van der Waals surface area contributed by atoms with E-state index in [1.807, 2.05) is 18.3 Å². The Labute approximate surface area is 114 Å². The van der Waals surface area contributed by atoms with Crippen LogP contribution in [0, 0.1) is 0 Å². The van der Waals surface area contributed by atoms with E-state index in [0.29, 0.717) is 6.04 Å².